The third-order valence-corrected chi connectivity index (χ3v) is 2.93. The van der Waals surface area contributed by atoms with Gasteiger partial charge in [-0.15, -0.1) is 0 Å². The highest BCUT2D eigenvalue weighted by molar-refractivity contribution is 6.05. The summed E-state index contributed by atoms with van der Waals surface area (Å²) in [6.07, 6.45) is 0. The van der Waals surface area contributed by atoms with Crippen LogP contribution >= 0.6 is 0 Å². The Kier molecular flexibility index (Phi) is 3.70. The smallest absolute Gasteiger partial charge is 0.255 e. The second kappa shape index (κ2) is 5.44. The Balaban J connectivity index is 2.19. The van der Waals surface area contributed by atoms with Crippen molar-refractivity contribution in [3.05, 3.63) is 59.2 Å². The molecule has 0 fully saturated rings. The molecule has 0 bridgehead atoms. The zero-order valence-electron chi connectivity index (χ0n) is 11.0. The molecule has 102 valence electrons. The summed E-state index contributed by atoms with van der Waals surface area (Å²) in [5, 5.41) is 2.78. The Hall–Kier alpha value is -2.82. The highest BCUT2D eigenvalue weighted by Crippen LogP contribution is 2.17. The third kappa shape index (κ3) is 2.95. The number of anilines is 2. The van der Waals surface area contributed by atoms with Crippen LogP contribution < -0.4 is 16.8 Å². The van der Waals surface area contributed by atoms with E-state index in [9.17, 15) is 9.59 Å². The Morgan fingerprint density at radius 3 is 2.15 bits per heavy atom. The normalized spacial score (nSPS) is 10.1. The maximum absolute atomic E-state index is 12.1. The van der Waals surface area contributed by atoms with E-state index in [0.29, 0.717) is 22.5 Å². The van der Waals surface area contributed by atoms with Gasteiger partial charge in [0.1, 0.15) is 0 Å². The average molecular weight is 269 g/mol. The van der Waals surface area contributed by atoms with Gasteiger partial charge in [0, 0.05) is 22.5 Å². The largest absolute Gasteiger partial charge is 0.399 e. The van der Waals surface area contributed by atoms with Crippen molar-refractivity contribution in [1.82, 2.24) is 0 Å². The fourth-order valence-electron chi connectivity index (χ4n) is 1.79. The van der Waals surface area contributed by atoms with Gasteiger partial charge in [-0.2, -0.15) is 0 Å². The first-order valence-corrected chi connectivity index (χ1v) is 6.04. The van der Waals surface area contributed by atoms with E-state index < -0.39 is 5.91 Å². The van der Waals surface area contributed by atoms with Crippen LogP contribution in [0.15, 0.2) is 42.5 Å². The first kappa shape index (κ1) is 13.6. The van der Waals surface area contributed by atoms with E-state index in [2.05, 4.69) is 5.32 Å². The van der Waals surface area contributed by atoms with Gasteiger partial charge in [0.15, 0.2) is 0 Å². The van der Waals surface area contributed by atoms with Gasteiger partial charge in [0.25, 0.3) is 5.91 Å². The molecule has 0 spiro atoms. The van der Waals surface area contributed by atoms with Crippen molar-refractivity contribution in [2.45, 2.75) is 6.92 Å². The summed E-state index contributed by atoms with van der Waals surface area (Å²) in [5.74, 6) is -0.732. The highest BCUT2D eigenvalue weighted by atomic mass is 16.2. The van der Waals surface area contributed by atoms with E-state index in [1.165, 1.54) is 0 Å². The molecule has 2 aromatic carbocycles. The molecule has 2 aromatic rings. The number of amides is 2. The van der Waals surface area contributed by atoms with Crippen LogP contribution in [0.3, 0.4) is 0 Å². The standard InChI is InChI=1S/C15H15N3O2/c1-9-8-11(14(17)19)4-7-13(9)18-15(20)10-2-5-12(16)6-3-10/h2-8H,16H2,1H3,(H2,17,19)(H,18,20). The Labute approximate surface area is 116 Å². The lowest BCUT2D eigenvalue weighted by molar-refractivity contribution is 0.0998. The fraction of sp³-hybridized carbons (Fsp3) is 0.0667. The van der Waals surface area contributed by atoms with Crippen LogP contribution in [-0.4, -0.2) is 11.8 Å². The Morgan fingerprint density at radius 1 is 1.00 bits per heavy atom. The summed E-state index contributed by atoms with van der Waals surface area (Å²) < 4.78 is 0. The van der Waals surface area contributed by atoms with E-state index in [1.807, 2.05) is 0 Å². The molecule has 0 saturated heterocycles. The minimum Gasteiger partial charge on any atom is -0.399 e. The fourth-order valence-corrected chi connectivity index (χ4v) is 1.79. The quantitative estimate of drug-likeness (QED) is 0.742. The zero-order valence-corrected chi connectivity index (χ0v) is 11.0. The lowest BCUT2D eigenvalue weighted by Gasteiger charge is -2.09. The van der Waals surface area contributed by atoms with Crippen molar-refractivity contribution in [1.29, 1.82) is 0 Å². The van der Waals surface area contributed by atoms with Gasteiger partial charge in [-0.25, -0.2) is 0 Å². The number of nitrogens with two attached hydrogens (primary N) is 2. The number of carbonyl (C=O) groups is 2. The lowest BCUT2D eigenvalue weighted by atomic mass is 10.1. The average Bonchev–Trinajstić information content (AvgIpc) is 2.41. The van der Waals surface area contributed by atoms with Gasteiger partial charge in [0.05, 0.1) is 0 Å². The molecule has 5 N–H and O–H groups in total. The summed E-state index contributed by atoms with van der Waals surface area (Å²) >= 11 is 0. The molecule has 0 aliphatic carbocycles. The van der Waals surface area contributed by atoms with Crippen LogP contribution in [0.2, 0.25) is 0 Å². The predicted octanol–water partition coefficient (Wildman–Crippen LogP) is 1.93. The first-order valence-electron chi connectivity index (χ1n) is 6.04. The monoisotopic (exact) mass is 269 g/mol. The Morgan fingerprint density at radius 2 is 1.60 bits per heavy atom. The van der Waals surface area contributed by atoms with Gasteiger partial charge >= 0.3 is 0 Å². The summed E-state index contributed by atoms with van der Waals surface area (Å²) in [6, 6.07) is 11.5. The highest BCUT2D eigenvalue weighted by Gasteiger charge is 2.09. The molecule has 0 aromatic heterocycles. The van der Waals surface area contributed by atoms with E-state index in [0.717, 1.165) is 5.56 Å². The van der Waals surface area contributed by atoms with Gasteiger partial charge in [-0.1, -0.05) is 0 Å². The number of rotatable bonds is 3. The molecule has 0 atom stereocenters. The van der Waals surface area contributed by atoms with Crippen molar-refractivity contribution in [2.75, 3.05) is 11.1 Å². The van der Waals surface area contributed by atoms with E-state index >= 15 is 0 Å². The Bertz CT molecular complexity index is 663. The number of nitrogen functional groups attached to an aromatic ring is 1. The van der Waals surface area contributed by atoms with Gasteiger partial charge in [-0.05, 0) is 55.0 Å². The number of aryl methyl sites for hydroxylation is 1. The summed E-state index contributed by atoms with van der Waals surface area (Å²) in [4.78, 5) is 23.1. The maximum Gasteiger partial charge on any atom is 0.255 e. The van der Waals surface area contributed by atoms with Crippen molar-refractivity contribution >= 4 is 23.2 Å². The SMILES string of the molecule is Cc1cc(C(N)=O)ccc1NC(=O)c1ccc(N)cc1. The minimum absolute atomic E-state index is 0.236. The molecule has 0 saturated carbocycles. The molecule has 0 aliphatic heterocycles. The summed E-state index contributed by atoms with van der Waals surface area (Å²) in [6.45, 7) is 1.80. The molecular weight excluding hydrogens is 254 g/mol. The molecular formula is C15H15N3O2. The van der Waals surface area contributed by atoms with Crippen LogP contribution in [0.25, 0.3) is 0 Å². The molecule has 5 nitrogen and oxygen atoms in total. The third-order valence-electron chi connectivity index (χ3n) is 2.93. The molecule has 2 amide bonds. The number of carbonyl (C=O) groups excluding carboxylic acids is 2. The molecule has 0 heterocycles. The van der Waals surface area contributed by atoms with Crippen LogP contribution in [-0.2, 0) is 0 Å². The van der Waals surface area contributed by atoms with Crippen molar-refractivity contribution < 1.29 is 9.59 Å². The number of hydrogen-bond donors (Lipinski definition) is 3. The van der Waals surface area contributed by atoms with E-state index in [4.69, 9.17) is 11.5 Å². The molecule has 20 heavy (non-hydrogen) atoms. The molecule has 2 rings (SSSR count). The first-order chi connectivity index (χ1) is 9.47. The minimum atomic E-state index is -0.496. The van der Waals surface area contributed by atoms with Crippen LogP contribution in [0, 0.1) is 6.92 Å². The molecule has 0 aliphatic rings. The van der Waals surface area contributed by atoms with E-state index in [1.54, 1.807) is 49.4 Å². The van der Waals surface area contributed by atoms with Crippen LogP contribution in [0.1, 0.15) is 26.3 Å². The molecule has 0 radical (unpaired) electrons. The molecule has 5 heteroatoms. The topological polar surface area (TPSA) is 98.2 Å². The number of primary amides is 1. The van der Waals surface area contributed by atoms with Crippen LogP contribution in [0.5, 0.6) is 0 Å². The summed E-state index contributed by atoms with van der Waals surface area (Å²) in [7, 11) is 0. The van der Waals surface area contributed by atoms with E-state index in [-0.39, 0.29) is 5.91 Å². The maximum atomic E-state index is 12.1. The molecule has 0 unspecified atom stereocenters. The van der Waals surface area contributed by atoms with Gasteiger partial charge in [-0.3, -0.25) is 9.59 Å². The van der Waals surface area contributed by atoms with Crippen molar-refractivity contribution in [2.24, 2.45) is 5.73 Å². The van der Waals surface area contributed by atoms with Gasteiger partial charge < -0.3 is 16.8 Å². The summed E-state index contributed by atoms with van der Waals surface area (Å²) in [5.41, 5.74) is 13.7. The lowest BCUT2D eigenvalue weighted by Crippen LogP contribution is -2.14. The predicted molar refractivity (Wildman–Crippen MR) is 78.5 cm³/mol. The number of nitrogens with one attached hydrogen (secondary N) is 1. The zero-order chi connectivity index (χ0) is 14.7. The number of benzene rings is 2. The second-order valence-electron chi connectivity index (χ2n) is 4.47. The van der Waals surface area contributed by atoms with Crippen LogP contribution in [0.4, 0.5) is 11.4 Å². The van der Waals surface area contributed by atoms with Crippen molar-refractivity contribution in [3.8, 4) is 0 Å². The van der Waals surface area contributed by atoms with Gasteiger partial charge in [0.2, 0.25) is 5.91 Å². The van der Waals surface area contributed by atoms with Crippen molar-refractivity contribution in [3.63, 3.8) is 0 Å². The second-order valence-corrected chi connectivity index (χ2v) is 4.47. The number of hydrogen-bond acceptors (Lipinski definition) is 3.